The highest BCUT2D eigenvalue weighted by atomic mass is 16.2. The molecular formula is C16H25N5O2. The van der Waals surface area contributed by atoms with E-state index in [2.05, 4.69) is 21.0 Å². The van der Waals surface area contributed by atoms with E-state index >= 15 is 0 Å². The lowest BCUT2D eigenvalue weighted by molar-refractivity contribution is -0.121. The SMILES string of the molecule is O=C(CCCNC(=O)c1ccn(C2CCCNC2)n1)NC1CC1. The molecule has 1 aromatic rings. The molecule has 3 rings (SSSR count). The van der Waals surface area contributed by atoms with Crippen LogP contribution in [0.2, 0.25) is 0 Å². The summed E-state index contributed by atoms with van der Waals surface area (Å²) in [6.45, 7) is 2.45. The second kappa shape index (κ2) is 7.59. The molecule has 23 heavy (non-hydrogen) atoms. The molecule has 1 unspecified atom stereocenters. The number of hydrogen-bond donors (Lipinski definition) is 3. The molecule has 0 radical (unpaired) electrons. The van der Waals surface area contributed by atoms with Crippen LogP contribution in [0, 0.1) is 0 Å². The number of nitrogens with zero attached hydrogens (tertiary/aromatic N) is 2. The molecule has 0 spiro atoms. The van der Waals surface area contributed by atoms with Crippen LogP contribution in [-0.2, 0) is 4.79 Å². The predicted molar refractivity (Wildman–Crippen MR) is 86.1 cm³/mol. The van der Waals surface area contributed by atoms with Crippen LogP contribution in [-0.4, -0.2) is 47.3 Å². The summed E-state index contributed by atoms with van der Waals surface area (Å²) in [6.07, 6.45) is 7.40. The highest BCUT2D eigenvalue weighted by Gasteiger charge is 2.22. The lowest BCUT2D eigenvalue weighted by Gasteiger charge is -2.22. The van der Waals surface area contributed by atoms with Gasteiger partial charge in [-0.2, -0.15) is 5.10 Å². The average Bonchev–Trinajstić information content (AvgIpc) is 3.24. The van der Waals surface area contributed by atoms with Crippen molar-refractivity contribution in [3.63, 3.8) is 0 Å². The Morgan fingerprint density at radius 3 is 2.96 bits per heavy atom. The van der Waals surface area contributed by atoms with Gasteiger partial charge in [-0.3, -0.25) is 14.3 Å². The van der Waals surface area contributed by atoms with Crippen LogP contribution in [0.3, 0.4) is 0 Å². The fourth-order valence-corrected chi connectivity index (χ4v) is 2.79. The summed E-state index contributed by atoms with van der Waals surface area (Å²) in [5.74, 6) is -0.0917. The van der Waals surface area contributed by atoms with Gasteiger partial charge in [0, 0.05) is 31.7 Å². The van der Waals surface area contributed by atoms with Crippen molar-refractivity contribution in [3.8, 4) is 0 Å². The molecule has 2 fully saturated rings. The highest BCUT2D eigenvalue weighted by Crippen LogP contribution is 2.18. The molecule has 2 aliphatic rings. The topological polar surface area (TPSA) is 88.1 Å². The monoisotopic (exact) mass is 319 g/mol. The van der Waals surface area contributed by atoms with Gasteiger partial charge >= 0.3 is 0 Å². The summed E-state index contributed by atoms with van der Waals surface area (Å²) in [7, 11) is 0. The summed E-state index contributed by atoms with van der Waals surface area (Å²) in [6, 6.07) is 2.48. The van der Waals surface area contributed by atoms with Crippen molar-refractivity contribution in [3.05, 3.63) is 18.0 Å². The molecule has 126 valence electrons. The Morgan fingerprint density at radius 1 is 1.35 bits per heavy atom. The van der Waals surface area contributed by atoms with E-state index in [9.17, 15) is 9.59 Å². The fraction of sp³-hybridized carbons (Fsp3) is 0.688. The number of carbonyl (C=O) groups excluding carboxylic acids is 2. The van der Waals surface area contributed by atoms with E-state index in [-0.39, 0.29) is 11.8 Å². The zero-order valence-electron chi connectivity index (χ0n) is 13.4. The van der Waals surface area contributed by atoms with Gasteiger partial charge in [-0.05, 0) is 44.7 Å². The van der Waals surface area contributed by atoms with Crippen LogP contribution in [0.15, 0.2) is 12.3 Å². The van der Waals surface area contributed by atoms with E-state index in [4.69, 9.17) is 0 Å². The maximum absolute atomic E-state index is 12.1. The molecule has 7 heteroatoms. The van der Waals surface area contributed by atoms with Gasteiger partial charge in [0.1, 0.15) is 5.69 Å². The van der Waals surface area contributed by atoms with Crippen molar-refractivity contribution < 1.29 is 9.59 Å². The Labute approximate surface area is 136 Å². The molecule has 1 atom stereocenters. The van der Waals surface area contributed by atoms with Crippen LogP contribution in [0.4, 0.5) is 0 Å². The van der Waals surface area contributed by atoms with Crippen molar-refractivity contribution in [2.45, 2.75) is 50.6 Å². The van der Waals surface area contributed by atoms with E-state index in [0.29, 0.717) is 37.2 Å². The first-order valence-corrected chi connectivity index (χ1v) is 8.56. The molecule has 1 aliphatic carbocycles. The van der Waals surface area contributed by atoms with E-state index < -0.39 is 0 Å². The minimum atomic E-state index is -0.171. The third kappa shape index (κ3) is 4.79. The molecule has 2 amide bonds. The second-order valence-corrected chi connectivity index (χ2v) is 6.38. The lowest BCUT2D eigenvalue weighted by Crippen LogP contribution is -2.32. The first-order chi connectivity index (χ1) is 11.2. The summed E-state index contributed by atoms with van der Waals surface area (Å²) in [5.41, 5.74) is 0.443. The smallest absolute Gasteiger partial charge is 0.271 e. The molecule has 1 saturated heterocycles. The minimum Gasteiger partial charge on any atom is -0.353 e. The number of aromatic nitrogens is 2. The van der Waals surface area contributed by atoms with E-state index in [1.807, 2.05) is 10.9 Å². The van der Waals surface area contributed by atoms with Gasteiger partial charge in [-0.15, -0.1) is 0 Å². The van der Waals surface area contributed by atoms with Crippen molar-refractivity contribution in [2.75, 3.05) is 19.6 Å². The van der Waals surface area contributed by atoms with Gasteiger partial charge in [-0.25, -0.2) is 0 Å². The Balaban J connectivity index is 1.37. The second-order valence-electron chi connectivity index (χ2n) is 6.38. The summed E-state index contributed by atoms with van der Waals surface area (Å²) in [4.78, 5) is 23.6. The largest absolute Gasteiger partial charge is 0.353 e. The van der Waals surface area contributed by atoms with Crippen LogP contribution < -0.4 is 16.0 Å². The molecule has 0 aromatic carbocycles. The standard InChI is InChI=1S/C16H25N5O2/c22-15(19-12-5-6-12)4-2-9-18-16(23)14-7-10-21(20-14)13-3-1-8-17-11-13/h7,10,12-13,17H,1-6,8-9,11H2,(H,18,23)(H,19,22). The number of piperidine rings is 1. The van der Waals surface area contributed by atoms with Gasteiger partial charge in [0.2, 0.25) is 5.91 Å². The van der Waals surface area contributed by atoms with Gasteiger partial charge in [0.25, 0.3) is 5.91 Å². The molecule has 0 bridgehead atoms. The first-order valence-electron chi connectivity index (χ1n) is 8.56. The molecule has 3 N–H and O–H groups in total. The van der Waals surface area contributed by atoms with Crippen LogP contribution in [0.25, 0.3) is 0 Å². The zero-order chi connectivity index (χ0) is 16.1. The number of rotatable bonds is 7. The summed E-state index contributed by atoms with van der Waals surface area (Å²) < 4.78 is 1.88. The van der Waals surface area contributed by atoms with Gasteiger partial charge < -0.3 is 16.0 Å². The fourth-order valence-electron chi connectivity index (χ4n) is 2.79. The van der Waals surface area contributed by atoms with Crippen molar-refractivity contribution in [1.29, 1.82) is 0 Å². The quantitative estimate of drug-likeness (QED) is 0.642. The van der Waals surface area contributed by atoms with E-state index in [1.54, 1.807) is 6.07 Å². The minimum absolute atomic E-state index is 0.0795. The highest BCUT2D eigenvalue weighted by molar-refractivity contribution is 5.92. The summed E-state index contributed by atoms with van der Waals surface area (Å²) in [5, 5.41) is 13.5. The third-order valence-corrected chi connectivity index (χ3v) is 4.29. The Kier molecular flexibility index (Phi) is 5.27. The maximum Gasteiger partial charge on any atom is 0.271 e. The van der Waals surface area contributed by atoms with Gasteiger partial charge in [0.15, 0.2) is 0 Å². The Bertz CT molecular complexity index is 546. The van der Waals surface area contributed by atoms with Crippen molar-refractivity contribution in [2.24, 2.45) is 0 Å². The number of nitrogens with one attached hydrogen (secondary N) is 3. The van der Waals surface area contributed by atoms with E-state index in [1.165, 1.54) is 0 Å². The van der Waals surface area contributed by atoms with Gasteiger partial charge in [-0.1, -0.05) is 0 Å². The number of amides is 2. The molecule has 1 aliphatic heterocycles. The normalized spacial score (nSPS) is 21.0. The average molecular weight is 319 g/mol. The third-order valence-electron chi connectivity index (χ3n) is 4.29. The van der Waals surface area contributed by atoms with Crippen LogP contribution >= 0.6 is 0 Å². The predicted octanol–water partition coefficient (Wildman–Crippen LogP) is 0.596. The molecular weight excluding hydrogens is 294 g/mol. The zero-order valence-corrected chi connectivity index (χ0v) is 13.4. The molecule has 1 aromatic heterocycles. The van der Waals surface area contributed by atoms with Crippen LogP contribution in [0.5, 0.6) is 0 Å². The molecule has 2 heterocycles. The molecule has 7 nitrogen and oxygen atoms in total. The molecule has 1 saturated carbocycles. The number of hydrogen-bond acceptors (Lipinski definition) is 4. The Morgan fingerprint density at radius 2 is 2.22 bits per heavy atom. The van der Waals surface area contributed by atoms with Crippen LogP contribution in [0.1, 0.15) is 55.1 Å². The van der Waals surface area contributed by atoms with Gasteiger partial charge in [0.05, 0.1) is 6.04 Å². The Hall–Kier alpha value is -1.89. The number of carbonyl (C=O) groups is 2. The van der Waals surface area contributed by atoms with Crippen molar-refractivity contribution >= 4 is 11.8 Å². The first kappa shape index (κ1) is 16.0. The van der Waals surface area contributed by atoms with Crippen molar-refractivity contribution in [1.82, 2.24) is 25.7 Å². The lowest BCUT2D eigenvalue weighted by atomic mass is 10.1. The maximum atomic E-state index is 12.1. The van der Waals surface area contributed by atoms with E-state index in [0.717, 1.165) is 38.8 Å². The summed E-state index contributed by atoms with van der Waals surface area (Å²) >= 11 is 0.